The van der Waals surface area contributed by atoms with Crippen LogP contribution in [0.5, 0.6) is 0 Å². The van der Waals surface area contributed by atoms with E-state index in [4.69, 9.17) is 0 Å². The summed E-state index contributed by atoms with van der Waals surface area (Å²) in [5, 5.41) is 4.06. The summed E-state index contributed by atoms with van der Waals surface area (Å²) in [5.41, 5.74) is 5.95. The van der Waals surface area contributed by atoms with E-state index in [2.05, 4.69) is 22.4 Å². The molecule has 138 valence electrons. The largest absolute Gasteiger partial charge is 0.336 e. The first-order valence-electron chi connectivity index (χ1n) is 9.16. The van der Waals surface area contributed by atoms with Crippen LogP contribution < -0.4 is 5.32 Å². The van der Waals surface area contributed by atoms with Gasteiger partial charge in [-0.2, -0.15) is 0 Å². The number of benzene rings is 2. The summed E-state index contributed by atoms with van der Waals surface area (Å²) in [7, 11) is 1.99. The van der Waals surface area contributed by atoms with Gasteiger partial charge in [-0.15, -0.1) is 0 Å². The van der Waals surface area contributed by atoms with E-state index in [0.29, 0.717) is 0 Å². The Bertz CT molecular complexity index is 1170. The van der Waals surface area contributed by atoms with Gasteiger partial charge in [0.15, 0.2) is 0 Å². The van der Waals surface area contributed by atoms with Crippen molar-refractivity contribution in [2.75, 3.05) is 5.32 Å². The molecule has 0 aliphatic rings. The number of nitrogens with one attached hydrogen (secondary N) is 1. The second-order valence-corrected chi connectivity index (χ2v) is 6.84. The first kappa shape index (κ1) is 17.7. The van der Waals surface area contributed by atoms with Gasteiger partial charge in [0.25, 0.3) is 0 Å². The molecule has 28 heavy (non-hydrogen) atoms. The molecule has 2 aromatic heterocycles. The summed E-state index contributed by atoms with van der Waals surface area (Å²) in [6, 6.07) is 20.0. The second-order valence-electron chi connectivity index (χ2n) is 6.84. The lowest BCUT2D eigenvalue weighted by atomic mass is 10.0. The van der Waals surface area contributed by atoms with E-state index in [0.717, 1.165) is 39.0 Å². The van der Waals surface area contributed by atoms with E-state index in [1.807, 2.05) is 85.5 Å². The van der Waals surface area contributed by atoms with Crippen molar-refractivity contribution in [2.24, 2.45) is 7.05 Å². The van der Waals surface area contributed by atoms with Crippen LogP contribution in [0, 0.1) is 6.92 Å². The van der Waals surface area contributed by atoms with Crippen molar-refractivity contribution in [1.82, 2.24) is 9.55 Å². The van der Waals surface area contributed by atoms with Crippen molar-refractivity contribution in [3.05, 3.63) is 90.3 Å². The Morgan fingerprint density at radius 1 is 1.07 bits per heavy atom. The third-order valence-corrected chi connectivity index (χ3v) is 4.65. The minimum absolute atomic E-state index is 0.153. The molecule has 0 atom stereocenters. The fourth-order valence-electron chi connectivity index (χ4n) is 3.35. The lowest BCUT2D eigenvalue weighted by Gasteiger charge is -2.10. The Morgan fingerprint density at radius 2 is 1.89 bits per heavy atom. The molecule has 0 unspecified atom stereocenters. The molecule has 0 spiro atoms. The van der Waals surface area contributed by atoms with Crippen LogP contribution >= 0.6 is 0 Å². The van der Waals surface area contributed by atoms with Gasteiger partial charge in [0.2, 0.25) is 5.91 Å². The van der Waals surface area contributed by atoms with Crippen LogP contribution in [0.15, 0.2) is 79.1 Å². The minimum Gasteiger partial charge on any atom is -0.336 e. The molecule has 0 saturated heterocycles. The van der Waals surface area contributed by atoms with E-state index in [9.17, 15) is 4.79 Å². The van der Waals surface area contributed by atoms with E-state index >= 15 is 0 Å². The Balaban J connectivity index is 1.62. The summed E-state index contributed by atoms with van der Waals surface area (Å²) in [5.74, 6) is -0.153. The molecule has 0 fully saturated rings. The summed E-state index contributed by atoms with van der Waals surface area (Å²) in [4.78, 5) is 16.8. The summed E-state index contributed by atoms with van der Waals surface area (Å²) in [6.45, 7) is 2.03. The van der Waals surface area contributed by atoms with Crippen LogP contribution in [-0.2, 0) is 11.8 Å². The quantitative estimate of drug-likeness (QED) is 0.504. The van der Waals surface area contributed by atoms with E-state index < -0.39 is 0 Å². The van der Waals surface area contributed by atoms with Crippen molar-refractivity contribution in [2.45, 2.75) is 6.92 Å². The highest BCUT2D eigenvalue weighted by Crippen LogP contribution is 2.30. The topological polar surface area (TPSA) is 46.9 Å². The van der Waals surface area contributed by atoms with Crippen LogP contribution in [0.1, 0.15) is 11.1 Å². The number of aromatic nitrogens is 2. The van der Waals surface area contributed by atoms with Gasteiger partial charge < -0.3 is 9.88 Å². The molecule has 0 saturated carbocycles. The summed E-state index contributed by atoms with van der Waals surface area (Å²) >= 11 is 0. The third kappa shape index (κ3) is 3.71. The number of hydrogen-bond acceptors (Lipinski definition) is 2. The van der Waals surface area contributed by atoms with Crippen molar-refractivity contribution < 1.29 is 4.79 Å². The SMILES string of the molecule is Cc1cc(NC(=O)C=Cc2ccccc2)cc(-c2ccnc3c2ccn3C)c1. The number of hydrogen-bond donors (Lipinski definition) is 1. The Morgan fingerprint density at radius 3 is 2.71 bits per heavy atom. The Hall–Kier alpha value is -3.66. The number of carbonyl (C=O) groups excluding carboxylic acids is 1. The molecule has 2 heterocycles. The number of aryl methyl sites for hydroxylation is 2. The highest BCUT2D eigenvalue weighted by Gasteiger charge is 2.09. The fraction of sp³-hybridized carbons (Fsp3) is 0.0833. The van der Waals surface area contributed by atoms with E-state index in [-0.39, 0.29) is 5.91 Å². The summed E-state index contributed by atoms with van der Waals surface area (Å²) < 4.78 is 2.01. The van der Waals surface area contributed by atoms with Crippen LogP contribution in [-0.4, -0.2) is 15.5 Å². The number of rotatable bonds is 4. The minimum atomic E-state index is -0.153. The van der Waals surface area contributed by atoms with E-state index in [1.165, 1.54) is 0 Å². The molecule has 4 rings (SSSR count). The average molecular weight is 367 g/mol. The van der Waals surface area contributed by atoms with Crippen LogP contribution in [0.2, 0.25) is 0 Å². The molecule has 0 aliphatic heterocycles. The third-order valence-electron chi connectivity index (χ3n) is 4.65. The number of anilines is 1. The van der Waals surface area contributed by atoms with Crippen molar-refractivity contribution in [3.8, 4) is 11.1 Å². The zero-order chi connectivity index (χ0) is 19.5. The number of amides is 1. The monoisotopic (exact) mass is 367 g/mol. The predicted molar refractivity (Wildman–Crippen MR) is 115 cm³/mol. The molecule has 4 heteroatoms. The van der Waals surface area contributed by atoms with Gasteiger partial charge in [0.05, 0.1) is 0 Å². The van der Waals surface area contributed by atoms with Crippen LogP contribution in [0.4, 0.5) is 5.69 Å². The van der Waals surface area contributed by atoms with Gasteiger partial charge in [-0.25, -0.2) is 4.98 Å². The molecule has 4 aromatic rings. The smallest absolute Gasteiger partial charge is 0.248 e. The normalized spacial score (nSPS) is 11.2. The van der Waals surface area contributed by atoms with Crippen molar-refractivity contribution >= 4 is 28.7 Å². The highest BCUT2D eigenvalue weighted by molar-refractivity contribution is 6.02. The molecule has 0 bridgehead atoms. The number of pyridine rings is 1. The standard InChI is InChI=1S/C24H21N3O/c1-17-14-19(21-10-12-25-24-22(21)11-13-27(24)2)16-20(15-17)26-23(28)9-8-18-6-4-3-5-7-18/h3-16H,1-2H3,(H,26,28). The van der Waals surface area contributed by atoms with Crippen molar-refractivity contribution in [3.63, 3.8) is 0 Å². The van der Waals surface area contributed by atoms with Crippen molar-refractivity contribution in [1.29, 1.82) is 0 Å². The number of nitrogens with zero attached hydrogens (tertiary/aromatic N) is 2. The second kappa shape index (κ2) is 7.53. The predicted octanol–water partition coefficient (Wildman–Crippen LogP) is 5.20. The van der Waals surface area contributed by atoms with Gasteiger partial charge in [0.1, 0.15) is 5.65 Å². The van der Waals surface area contributed by atoms with Gasteiger partial charge in [0, 0.05) is 36.6 Å². The lowest BCUT2D eigenvalue weighted by Crippen LogP contribution is -2.08. The van der Waals surface area contributed by atoms with Gasteiger partial charge in [-0.1, -0.05) is 36.4 Å². The maximum Gasteiger partial charge on any atom is 0.248 e. The maximum absolute atomic E-state index is 12.3. The van der Waals surface area contributed by atoms with E-state index in [1.54, 1.807) is 6.08 Å². The molecule has 4 nitrogen and oxygen atoms in total. The lowest BCUT2D eigenvalue weighted by molar-refractivity contribution is -0.111. The zero-order valence-electron chi connectivity index (χ0n) is 15.9. The molecular weight excluding hydrogens is 346 g/mol. The van der Waals surface area contributed by atoms with Gasteiger partial charge in [-0.3, -0.25) is 4.79 Å². The van der Waals surface area contributed by atoms with Gasteiger partial charge in [-0.05, 0) is 59.5 Å². The molecule has 0 aliphatic carbocycles. The molecule has 1 amide bonds. The first-order chi connectivity index (χ1) is 13.6. The average Bonchev–Trinajstić information content (AvgIpc) is 3.08. The Kier molecular flexibility index (Phi) is 4.77. The number of fused-ring (bicyclic) bond motifs is 1. The Labute approximate surface area is 164 Å². The first-order valence-corrected chi connectivity index (χ1v) is 9.16. The summed E-state index contributed by atoms with van der Waals surface area (Å²) in [6.07, 6.45) is 7.19. The van der Waals surface area contributed by atoms with Crippen LogP contribution in [0.25, 0.3) is 28.2 Å². The number of carbonyl (C=O) groups is 1. The molecular formula is C24H21N3O. The molecule has 1 N–H and O–H groups in total. The maximum atomic E-state index is 12.3. The highest BCUT2D eigenvalue weighted by atomic mass is 16.1. The molecule has 0 radical (unpaired) electrons. The molecule has 2 aromatic carbocycles. The zero-order valence-corrected chi connectivity index (χ0v) is 15.9. The van der Waals surface area contributed by atoms with Crippen LogP contribution in [0.3, 0.4) is 0 Å². The fourth-order valence-corrected chi connectivity index (χ4v) is 3.35. The van der Waals surface area contributed by atoms with Gasteiger partial charge >= 0.3 is 0 Å².